The molecule has 1 atom stereocenters. The molecule has 0 radical (unpaired) electrons. The van der Waals surface area contributed by atoms with Gasteiger partial charge in [-0.3, -0.25) is 9.59 Å². The number of hydrogen-bond acceptors (Lipinski definition) is 4. The second kappa shape index (κ2) is 6.42. The Kier molecular flexibility index (Phi) is 4.34. The van der Waals surface area contributed by atoms with E-state index in [0.29, 0.717) is 6.54 Å². The summed E-state index contributed by atoms with van der Waals surface area (Å²) in [5, 5.41) is 5.73. The van der Waals surface area contributed by atoms with Crippen molar-refractivity contribution in [2.45, 2.75) is 32.9 Å². The highest BCUT2D eigenvalue weighted by atomic mass is 32.1. The second-order valence-electron chi connectivity index (χ2n) is 5.52. The van der Waals surface area contributed by atoms with E-state index in [1.165, 1.54) is 0 Å². The first-order chi connectivity index (χ1) is 11.0. The molecule has 0 aliphatic rings. The van der Waals surface area contributed by atoms with Gasteiger partial charge in [-0.15, -0.1) is 0 Å². The van der Waals surface area contributed by atoms with Crippen molar-refractivity contribution in [3.8, 4) is 0 Å². The highest BCUT2D eigenvalue weighted by molar-refractivity contribution is 7.07. The fraction of sp³-hybridized carbons (Fsp3) is 0.294. The number of fused-ring (bicyclic) bond motifs is 1. The molecule has 5 nitrogen and oxygen atoms in total. The summed E-state index contributed by atoms with van der Waals surface area (Å²) < 4.78 is 7.37. The van der Waals surface area contributed by atoms with E-state index in [9.17, 15) is 9.59 Å². The third kappa shape index (κ3) is 3.37. The van der Waals surface area contributed by atoms with Gasteiger partial charge >= 0.3 is 4.87 Å². The van der Waals surface area contributed by atoms with E-state index in [1.807, 2.05) is 44.2 Å². The molecule has 0 unspecified atom stereocenters. The first kappa shape index (κ1) is 15.6. The molecule has 0 aliphatic carbocycles. The van der Waals surface area contributed by atoms with Gasteiger partial charge in [0.2, 0.25) is 5.91 Å². The van der Waals surface area contributed by atoms with Crippen LogP contribution in [-0.2, 0) is 11.3 Å². The summed E-state index contributed by atoms with van der Waals surface area (Å²) in [6.45, 7) is 4.15. The Morgan fingerprint density at radius 3 is 2.87 bits per heavy atom. The summed E-state index contributed by atoms with van der Waals surface area (Å²) in [7, 11) is 0. The van der Waals surface area contributed by atoms with Gasteiger partial charge in [0, 0.05) is 29.4 Å². The monoisotopic (exact) mass is 330 g/mol. The zero-order valence-corrected chi connectivity index (χ0v) is 13.9. The molecule has 1 N–H and O–H groups in total. The quantitative estimate of drug-likeness (QED) is 0.781. The zero-order valence-electron chi connectivity index (χ0n) is 13.0. The molecule has 0 bridgehead atoms. The van der Waals surface area contributed by atoms with E-state index < -0.39 is 0 Å². The molecular weight excluding hydrogens is 312 g/mol. The van der Waals surface area contributed by atoms with Crippen LogP contribution in [0.3, 0.4) is 0 Å². The Balaban J connectivity index is 1.62. The van der Waals surface area contributed by atoms with Crippen LogP contribution >= 0.6 is 11.3 Å². The van der Waals surface area contributed by atoms with Gasteiger partial charge in [0.05, 0.1) is 6.04 Å². The molecule has 120 valence electrons. The lowest BCUT2D eigenvalue weighted by molar-refractivity contribution is -0.122. The van der Waals surface area contributed by atoms with Gasteiger partial charge in [-0.1, -0.05) is 29.5 Å². The number of carbonyl (C=O) groups is 1. The minimum atomic E-state index is -0.213. The first-order valence-corrected chi connectivity index (χ1v) is 8.35. The summed E-state index contributed by atoms with van der Waals surface area (Å²) in [5.74, 6) is 0.624. The highest BCUT2D eigenvalue weighted by Crippen LogP contribution is 2.23. The van der Waals surface area contributed by atoms with Crippen LogP contribution in [-0.4, -0.2) is 10.5 Å². The minimum Gasteiger partial charge on any atom is -0.459 e. The van der Waals surface area contributed by atoms with Crippen LogP contribution in [0.4, 0.5) is 0 Å². The summed E-state index contributed by atoms with van der Waals surface area (Å²) in [6.07, 6.45) is 0.266. The van der Waals surface area contributed by atoms with Crippen molar-refractivity contribution >= 4 is 28.2 Å². The smallest absolute Gasteiger partial charge is 0.307 e. The first-order valence-electron chi connectivity index (χ1n) is 7.47. The van der Waals surface area contributed by atoms with Gasteiger partial charge in [0.1, 0.15) is 11.3 Å². The molecule has 2 heterocycles. The van der Waals surface area contributed by atoms with Gasteiger partial charge in [0.25, 0.3) is 0 Å². The van der Waals surface area contributed by atoms with Crippen LogP contribution in [0.5, 0.6) is 0 Å². The molecule has 3 rings (SSSR count). The van der Waals surface area contributed by atoms with Crippen LogP contribution in [0.15, 0.2) is 44.9 Å². The van der Waals surface area contributed by atoms with E-state index in [0.717, 1.165) is 33.8 Å². The summed E-state index contributed by atoms with van der Waals surface area (Å²) >= 11 is 1.16. The van der Waals surface area contributed by atoms with E-state index in [4.69, 9.17) is 4.42 Å². The third-order valence-corrected chi connectivity index (χ3v) is 4.67. The van der Waals surface area contributed by atoms with Gasteiger partial charge in [-0.25, -0.2) is 0 Å². The van der Waals surface area contributed by atoms with E-state index in [2.05, 4.69) is 5.32 Å². The predicted molar refractivity (Wildman–Crippen MR) is 90.7 cm³/mol. The van der Waals surface area contributed by atoms with Crippen molar-refractivity contribution in [2.24, 2.45) is 0 Å². The number of aryl methyl sites for hydroxylation is 1. The minimum absolute atomic E-state index is 0.0272. The number of aromatic nitrogens is 1. The average molecular weight is 330 g/mol. The maximum atomic E-state index is 12.1. The molecule has 0 fully saturated rings. The summed E-state index contributed by atoms with van der Waals surface area (Å²) in [4.78, 5) is 23.7. The maximum Gasteiger partial charge on any atom is 0.307 e. The number of carbonyl (C=O) groups excluding carboxylic acids is 1. The van der Waals surface area contributed by atoms with Crippen molar-refractivity contribution in [3.63, 3.8) is 0 Å². The van der Waals surface area contributed by atoms with Crippen LogP contribution in [0.1, 0.15) is 30.8 Å². The Morgan fingerprint density at radius 2 is 2.17 bits per heavy atom. The normalized spacial score (nSPS) is 12.4. The molecule has 1 amide bonds. The van der Waals surface area contributed by atoms with E-state index >= 15 is 0 Å². The molecule has 2 aromatic heterocycles. The molecule has 0 saturated carbocycles. The lowest BCUT2D eigenvalue weighted by Crippen LogP contribution is -2.28. The van der Waals surface area contributed by atoms with E-state index in [1.54, 1.807) is 9.95 Å². The van der Waals surface area contributed by atoms with Gasteiger partial charge in [-0.2, -0.15) is 0 Å². The van der Waals surface area contributed by atoms with Crippen molar-refractivity contribution in [1.82, 2.24) is 9.88 Å². The number of furan rings is 1. The number of amides is 1. The maximum absolute atomic E-state index is 12.1. The lowest BCUT2D eigenvalue weighted by Gasteiger charge is -2.11. The Morgan fingerprint density at radius 1 is 1.39 bits per heavy atom. The lowest BCUT2D eigenvalue weighted by atomic mass is 10.2. The molecule has 23 heavy (non-hydrogen) atoms. The summed E-state index contributed by atoms with van der Waals surface area (Å²) in [6, 6.07) is 9.47. The molecule has 6 heteroatoms. The van der Waals surface area contributed by atoms with Crippen molar-refractivity contribution < 1.29 is 9.21 Å². The van der Waals surface area contributed by atoms with Crippen LogP contribution in [0, 0.1) is 6.92 Å². The molecule has 3 aromatic rings. The van der Waals surface area contributed by atoms with Gasteiger partial charge < -0.3 is 14.3 Å². The fourth-order valence-electron chi connectivity index (χ4n) is 2.49. The van der Waals surface area contributed by atoms with Crippen molar-refractivity contribution in [3.05, 3.63) is 56.8 Å². The van der Waals surface area contributed by atoms with Crippen molar-refractivity contribution in [1.29, 1.82) is 0 Å². The number of rotatable bonds is 5. The van der Waals surface area contributed by atoms with Crippen LogP contribution in [0.25, 0.3) is 11.0 Å². The largest absolute Gasteiger partial charge is 0.459 e. The topological polar surface area (TPSA) is 64.2 Å². The van der Waals surface area contributed by atoms with Gasteiger partial charge in [0.15, 0.2) is 0 Å². The van der Waals surface area contributed by atoms with E-state index in [-0.39, 0.29) is 23.2 Å². The van der Waals surface area contributed by atoms with Crippen molar-refractivity contribution in [2.75, 3.05) is 0 Å². The molecular formula is C17H18N2O3S. The third-order valence-electron chi connectivity index (χ3n) is 3.79. The number of para-hydroxylation sites is 1. The molecule has 0 aliphatic heterocycles. The average Bonchev–Trinajstić information content (AvgIpc) is 3.09. The number of hydrogen-bond donors (Lipinski definition) is 1. The van der Waals surface area contributed by atoms with Crippen LogP contribution in [0.2, 0.25) is 0 Å². The number of nitrogens with zero attached hydrogens (tertiary/aromatic N) is 1. The predicted octanol–water partition coefficient (Wildman–Crippen LogP) is 3.23. The SMILES string of the molecule is Cc1csc(=O)n1CCC(=O)N[C@@H](C)c1cc2ccccc2o1. The molecule has 1 aromatic carbocycles. The Labute approximate surface area is 137 Å². The van der Waals surface area contributed by atoms with Gasteiger partial charge in [-0.05, 0) is 26.0 Å². The highest BCUT2D eigenvalue weighted by Gasteiger charge is 2.14. The standard InChI is InChI=1S/C17H18N2O3S/c1-11-10-23-17(21)19(11)8-7-16(20)18-12(2)15-9-13-5-3-4-6-14(13)22-15/h3-6,9-10,12H,7-8H2,1-2H3,(H,18,20)/t12-/m0/s1. The Bertz CT molecular complexity index is 858. The number of nitrogens with one attached hydrogen (secondary N) is 1. The second-order valence-corrected chi connectivity index (χ2v) is 6.34. The molecule has 0 saturated heterocycles. The summed E-state index contributed by atoms with van der Waals surface area (Å²) in [5.41, 5.74) is 1.70. The molecule has 0 spiro atoms. The van der Waals surface area contributed by atoms with Crippen LogP contribution < -0.4 is 10.2 Å². The fourth-order valence-corrected chi connectivity index (χ4v) is 3.25. The Hall–Kier alpha value is -2.34. The number of benzene rings is 1. The number of thiazole rings is 1. The zero-order chi connectivity index (χ0) is 16.4.